The first kappa shape index (κ1) is 23.3. The zero-order valence-electron chi connectivity index (χ0n) is 18.6. The minimum absolute atomic E-state index is 0.123. The molecule has 0 spiro atoms. The van der Waals surface area contributed by atoms with Gasteiger partial charge in [0.15, 0.2) is 6.23 Å². The van der Waals surface area contributed by atoms with E-state index in [0.29, 0.717) is 6.07 Å². The van der Waals surface area contributed by atoms with Gasteiger partial charge in [0, 0.05) is 12.2 Å². The van der Waals surface area contributed by atoms with Crippen molar-refractivity contribution in [3.8, 4) is 11.8 Å². The van der Waals surface area contributed by atoms with E-state index in [2.05, 4.69) is 10.3 Å². The zero-order valence-corrected chi connectivity index (χ0v) is 18.6. The van der Waals surface area contributed by atoms with Crippen LogP contribution in [-0.2, 0) is 12.7 Å². The molecular formula is C23H21F3N6O2. The summed E-state index contributed by atoms with van der Waals surface area (Å²) in [7, 11) is 0. The minimum Gasteiger partial charge on any atom is -0.371 e. The summed E-state index contributed by atoms with van der Waals surface area (Å²) >= 11 is 0. The van der Waals surface area contributed by atoms with Gasteiger partial charge in [-0.15, -0.1) is 5.10 Å². The van der Waals surface area contributed by atoms with Gasteiger partial charge in [0.25, 0.3) is 0 Å². The first-order valence-electron chi connectivity index (χ1n) is 10.3. The number of aliphatic hydroxyl groups is 1. The van der Waals surface area contributed by atoms with Crippen molar-refractivity contribution in [2.45, 2.75) is 45.3 Å². The number of nitriles is 1. The second kappa shape index (κ2) is 8.14. The molecule has 1 N–H and O–H groups in total. The molecule has 3 aromatic rings. The third-order valence-electron chi connectivity index (χ3n) is 5.87. The summed E-state index contributed by atoms with van der Waals surface area (Å²) in [5, 5.41) is 27.9. The lowest BCUT2D eigenvalue weighted by Gasteiger charge is -2.32. The second-order valence-corrected chi connectivity index (χ2v) is 8.58. The minimum atomic E-state index is -4.78. The number of carbonyl (C=O) groups is 1. The number of rotatable bonds is 4. The molecule has 1 aliphatic heterocycles. The van der Waals surface area contributed by atoms with Gasteiger partial charge in [0.05, 0.1) is 40.3 Å². The highest BCUT2D eigenvalue weighted by molar-refractivity contribution is 5.96. The van der Waals surface area contributed by atoms with Crippen LogP contribution in [-0.4, -0.2) is 42.8 Å². The van der Waals surface area contributed by atoms with Gasteiger partial charge >= 0.3 is 12.2 Å². The molecule has 4 rings (SSSR count). The van der Waals surface area contributed by atoms with Gasteiger partial charge < -0.3 is 10.0 Å². The molecule has 1 unspecified atom stereocenters. The lowest BCUT2D eigenvalue weighted by molar-refractivity contribution is -0.137. The van der Waals surface area contributed by atoms with Crippen LogP contribution in [0.3, 0.4) is 0 Å². The number of aliphatic hydroxyl groups excluding tert-OH is 1. The van der Waals surface area contributed by atoms with Crippen molar-refractivity contribution in [1.29, 1.82) is 5.26 Å². The fraction of sp³-hybridized carbons (Fsp3) is 0.304. The molecule has 2 amide bonds. The van der Waals surface area contributed by atoms with Gasteiger partial charge in [-0.3, -0.25) is 4.90 Å². The molecule has 1 saturated heterocycles. The third kappa shape index (κ3) is 3.97. The van der Waals surface area contributed by atoms with Crippen molar-refractivity contribution in [3.05, 3.63) is 71.0 Å². The van der Waals surface area contributed by atoms with Crippen LogP contribution in [0.15, 0.2) is 48.7 Å². The molecule has 2 heterocycles. The van der Waals surface area contributed by atoms with Crippen LogP contribution in [0.4, 0.5) is 23.7 Å². The Morgan fingerprint density at radius 2 is 1.79 bits per heavy atom. The fourth-order valence-corrected chi connectivity index (χ4v) is 3.88. The van der Waals surface area contributed by atoms with Gasteiger partial charge in [-0.05, 0) is 56.7 Å². The van der Waals surface area contributed by atoms with E-state index >= 15 is 0 Å². The Bertz CT molecular complexity index is 1280. The van der Waals surface area contributed by atoms with Gasteiger partial charge in [0.1, 0.15) is 0 Å². The number of alkyl halides is 3. The predicted molar refractivity (Wildman–Crippen MR) is 116 cm³/mol. The maximum absolute atomic E-state index is 13.4. The summed E-state index contributed by atoms with van der Waals surface area (Å²) in [5.41, 5.74) is -0.679. The fourth-order valence-electron chi connectivity index (χ4n) is 3.88. The SMILES string of the molecule is Cc1cn(-c2ccc(CN3C(=O)N(c4ccc(C#N)c(C(F)(F)F)c4)C(O)C3(C)C)cc2)nn1. The van der Waals surface area contributed by atoms with Crippen molar-refractivity contribution in [1.82, 2.24) is 19.9 Å². The summed E-state index contributed by atoms with van der Waals surface area (Å²) in [6.07, 6.45) is -4.43. The van der Waals surface area contributed by atoms with E-state index in [0.717, 1.165) is 27.9 Å². The highest BCUT2D eigenvalue weighted by Crippen LogP contribution is 2.39. The number of aromatic nitrogens is 3. The maximum Gasteiger partial charge on any atom is 0.417 e. The molecule has 0 radical (unpaired) electrons. The maximum atomic E-state index is 13.4. The van der Waals surface area contributed by atoms with Crippen molar-refractivity contribution in [2.24, 2.45) is 0 Å². The quantitative estimate of drug-likeness (QED) is 0.622. The standard InChI is InChI=1S/C23H21F3N6O2/c1-14-12-31(29-28-14)17-7-4-15(5-8-17)13-30-21(34)32(20(33)22(30,2)3)18-9-6-16(11-27)19(10-18)23(24,25)26/h4-10,12,20,33H,13H2,1-3H3. The Morgan fingerprint density at radius 3 is 2.35 bits per heavy atom. The summed E-state index contributed by atoms with van der Waals surface area (Å²) in [5.74, 6) is 0. The molecule has 1 aliphatic rings. The predicted octanol–water partition coefficient (Wildman–Crippen LogP) is 4.01. The molecular weight excluding hydrogens is 449 g/mol. The average Bonchev–Trinajstić information content (AvgIpc) is 3.29. The number of hydrogen-bond acceptors (Lipinski definition) is 5. The third-order valence-corrected chi connectivity index (χ3v) is 5.87. The molecule has 11 heteroatoms. The largest absolute Gasteiger partial charge is 0.417 e. The molecule has 176 valence electrons. The van der Waals surface area contributed by atoms with Crippen LogP contribution in [0.2, 0.25) is 0 Å². The summed E-state index contributed by atoms with van der Waals surface area (Å²) in [6, 6.07) is 11.0. The summed E-state index contributed by atoms with van der Waals surface area (Å²) in [6.45, 7) is 5.22. The van der Waals surface area contributed by atoms with Crippen molar-refractivity contribution in [3.63, 3.8) is 0 Å². The van der Waals surface area contributed by atoms with E-state index in [4.69, 9.17) is 5.26 Å². The zero-order chi connectivity index (χ0) is 24.8. The van der Waals surface area contributed by atoms with Crippen LogP contribution >= 0.6 is 0 Å². The van der Waals surface area contributed by atoms with Crippen LogP contribution in [0.1, 0.15) is 36.2 Å². The molecule has 1 atom stereocenters. The van der Waals surface area contributed by atoms with E-state index in [-0.39, 0.29) is 12.2 Å². The molecule has 0 saturated carbocycles. The average molecular weight is 470 g/mol. The van der Waals surface area contributed by atoms with E-state index in [1.165, 1.54) is 17.0 Å². The van der Waals surface area contributed by atoms with Gasteiger partial charge in [0.2, 0.25) is 0 Å². The summed E-state index contributed by atoms with van der Waals surface area (Å²) < 4.78 is 41.9. The number of hydrogen-bond donors (Lipinski definition) is 1. The molecule has 34 heavy (non-hydrogen) atoms. The number of carbonyl (C=O) groups excluding carboxylic acids is 1. The number of nitrogens with zero attached hydrogens (tertiary/aromatic N) is 6. The Balaban J connectivity index is 1.63. The highest BCUT2D eigenvalue weighted by Gasteiger charge is 2.51. The lowest BCUT2D eigenvalue weighted by Crippen LogP contribution is -2.46. The summed E-state index contributed by atoms with van der Waals surface area (Å²) in [4.78, 5) is 15.6. The number of benzene rings is 2. The Kier molecular flexibility index (Phi) is 5.57. The normalized spacial score (nSPS) is 17.8. The van der Waals surface area contributed by atoms with Gasteiger partial charge in [-0.25, -0.2) is 9.48 Å². The highest BCUT2D eigenvalue weighted by atomic mass is 19.4. The number of halogens is 3. The Labute approximate surface area is 193 Å². The van der Waals surface area contributed by atoms with Crippen molar-refractivity contribution in [2.75, 3.05) is 4.90 Å². The Hall–Kier alpha value is -3.91. The first-order chi connectivity index (χ1) is 15.9. The van der Waals surface area contributed by atoms with Crippen LogP contribution in [0.25, 0.3) is 5.69 Å². The lowest BCUT2D eigenvalue weighted by atomic mass is 10.0. The monoisotopic (exact) mass is 470 g/mol. The molecule has 0 aliphatic carbocycles. The van der Waals surface area contributed by atoms with E-state index in [1.54, 1.807) is 49.0 Å². The molecule has 1 fully saturated rings. The number of aryl methyl sites for hydroxylation is 1. The molecule has 0 bridgehead atoms. The first-order valence-corrected chi connectivity index (χ1v) is 10.3. The van der Waals surface area contributed by atoms with Crippen LogP contribution < -0.4 is 4.90 Å². The number of amides is 2. The van der Waals surface area contributed by atoms with E-state index in [9.17, 15) is 23.1 Å². The molecule has 1 aromatic heterocycles. The van der Waals surface area contributed by atoms with Crippen molar-refractivity contribution < 1.29 is 23.1 Å². The van der Waals surface area contributed by atoms with Gasteiger partial charge in [-0.1, -0.05) is 17.3 Å². The van der Waals surface area contributed by atoms with Crippen LogP contribution in [0, 0.1) is 18.3 Å². The van der Waals surface area contributed by atoms with Gasteiger partial charge in [-0.2, -0.15) is 18.4 Å². The van der Waals surface area contributed by atoms with Crippen LogP contribution in [0.5, 0.6) is 0 Å². The topological polar surface area (TPSA) is 98.3 Å². The number of urea groups is 1. The second-order valence-electron chi connectivity index (χ2n) is 8.58. The molecule has 2 aromatic carbocycles. The Morgan fingerprint density at radius 1 is 1.15 bits per heavy atom. The van der Waals surface area contributed by atoms with E-state index in [1.807, 2.05) is 6.92 Å². The van der Waals surface area contributed by atoms with E-state index < -0.39 is 35.1 Å². The number of anilines is 1. The van der Waals surface area contributed by atoms with Crippen molar-refractivity contribution >= 4 is 11.7 Å². The smallest absolute Gasteiger partial charge is 0.371 e. The molecule has 8 nitrogen and oxygen atoms in total.